The molecule has 100 valence electrons. The van der Waals surface area contributed by atoms with Crippen LogP contribution in [0.25, 0.3) is 0 Å². The van der Waals surface area contributed by atoms with Crippen molar-refractivity contribution in [3.63, 3.8) is 0 Å². The summed E-state index contributed by atoms with van der Waals surface area (Å²) in [5.41, 5.74) is -0.452. The summed E-state index contributed by atoms with van der Waals surface area (Å²) in [4.78, 5) is 13.5. The van der Waals surface area contributed by atoms with Crippen LogP contribution in [0, 0.1) is 5.92 Å². The lowest BCUT2D eigenvalue weighted by Crippen LogP contribution is -2.42. The predicted molar refractivity (Wildman–Crippen MR) is 67.7 cm³/mol. The van der Waals surface area contributed by atoms with Crippen LogP contribution >= 0.6 is 0 Å². The molecule has 0 aromatic carbocycles. The number of carbonyl (C=O) groups is 1. The summed E-state index contributed by atoms with van der Waals surface area (Å²) in [7, 11) is -1.24. The quantitative estimate of drug-likeness (QED) is 0.814. The molecule has 0 aliphatic carbocycles. The molecule has 1 aliphatic heterocycles. The van der Waals surface area contributed by atoms with E-state index in [4.69, 9.17) is 9.88 Å². The van der Waals surface area contributed by atoms with Gasteiger partial charge in [0.2, 0.25) is 0 Å². The Kier molecular flexibility index (Phi) is 4.94. The van der Waals surface area contributed by atoms with Crippen molar-refractivity contribution in [1.29, 1.82) is 0 Å². The van der Waals surface area contributed by atoms with E-state index in [9.17, 15) is 9.00 Å². The molecule has 1 unspecified atom stereocenters. The van der Waals surface area contributed by atoms with Gasteiger partial charge in [-0.1, -0.05) is 0 Å². The van der Waals surface area contributed by atoms with Gasteiger partial charge in [0.25, 0.3) is 0 Å². The van der Waals surface area contributed by atoms with Crippen molar-refractivity contribution in [2.24, 2.45) is 11.1 Å². The van der Waals surface area contributed by atoms with E-state index in [2.05, 4.69) is 0 Å². The molecule has 1 heterocycles. The number of likely N-dealkylation sites (tertiary alicyclic amines) is 1. The molecule has 1 saturated heterocycles. The van der Waals surface area contributed by atoms with Crippen LogP contribution in [0.1, 0.15) is 33.6 Å². The van der Waals surface area contributed by atoms with Crippen molar-refractivity contribution < 1.29 is 13.7 Å². The van der Waals surface area contributed by atoms with E-state index < -0.39 is 16.6 Å². The molecule has 0 aromatic rings. The van der Waals surface area contributed by atoms with Gasteiger partial charge < -0.3 is 9.64 Å². The number of piperidine rings is 1. The number of hydrogen-bond donors (Lipinski definition) is 1. The number of ether oxygens (including phenoxy) is 1. The Morgan fingerprint density at radius 2 is 1.94 bits per heavy atom. The van der Waals surface area contributed by atoms with Gasteiger partial charge >= 0.3 is 6.09 Å². The summed E-state index contributed by atoms with van der Waals surface area (Å²) in [6.45, 7) is 6.90. The van der Waals surface area contributed by atoms with Crippen LogP contribution < -0.4 is 5.14 Å². The molecule has 2 N–H and O–H groups in total. The van der Waals surface area contributed by atoms with Crippen LogP contribution in [0.5, 0.6) is 0 Å². The van der Waals surface area contributed by atoms with Crippen LogP contribution in [0.3, 0.4) is 0 Å². The second-order valence-corrected chi connectivity index (χ2v) is 6.55. The average molecular weight is 262 g/mol. The highest BCUT2D eigenvalue weighted by Crippen LogP contribution is 2.19. The normalized spacial score (nSPS) is 20.1. The smallest absolute Gasteiger partial charge is 0.410 e. The molecule has 17 heavy (non-hydrogen) atoms. The van der Waals surface area contributed by atoms with Gasteiger partial charge in [-0.3, -0.25) is 5.14 Å². The molecular weight excluding hydrogens is 240 g/mol. The van der Waals surface area contributed by atoms with E-state index in [0.29, 0.717) is 24.8 Å². The first-order chi connectivity index (χ1) is 7.78. The fourth-order valence-electron chi connectivity index (χ4n) is 1.84. The number of rotatable bonds is 2. The molecule has 0 aromatic heterocycles. The van der Waals surface area contributed by atoms with Gasteiger partial charge in [0, 0.05) is 18.8 Å². The molecule has 1 amide bonds. The second kappa shape index (κ2) is 5.82. The lowest BCUT2D eigenvalue weighted by atomic mass is 9.99. The average Bonchev–Trinajstić information content (AvgIpc) is 2.15. The minimum absolute atomic E-state index is 0.259. The number of carbonyl (C=O) groups excluding carboxylic acids is 1. The largest absolute Gasteiger partial charge is 0.444 e. The zero-order valence-corrected chi connectivity index (χ0v) is 11.6. The molecule has 1 fully saturated rings. The third-order valence-electron chi connectivity index (χ3n) is 2.67. The SMILES string of the molecule is CC(C)(C)OC(=O)N1CCC(CS(N)=O)CC1. The molecule has 6 heteroatoms. The van der Waals surface area contributed by atoms with Crippen LogP contribution in [0.2, 0.25) is 0 Å². The molecule has 1 atom stereocenters. The minimum atomic E-state index is -1.24. The highest BCUT2D eigenvalue weighted by Gasteiger charge is 2.27. The van der Waals surface area contributed by atoms with Gasteiger partial charge in [0.05, 0.1) is 11.0 Å². The van der Waals surface area contributed by atoms with Crippen molar-refractivity contribution in [3.05, 3.63) is 0 Å². The number of amides is 1. The highest BCUT2D eigenvalue weighted by molar-refractivity contribution is 7.82. The summed E-state index contributed by atoms with van der Waals surface area (Å²) in [6.07, 6.45) is 1.44. The van der Waals surface area contributed by atoms with Gasteiger partial charge in [-0.15, -0.1) is 0 Å². The van der Waals surface area contributed by atoms with Crippen LogP contribution in [-0.2, 0) is 15.7 Å². The van der Waals surface area contributed by atoms with Gasteiger partial charge in [0.1, 0.15) is 5.60 Å². The molecule has 5 nitrogen and oxygen atoms in total. The molecule has 1 aliphatic rings. The number of nitrogens with zero attached hydrogens (tertiary/aromatic N) is 1. The summed E-state index contributed by atoms with van der Waals surface area (Å²) < 4.78 is 16.2. The van der Waals surface area contributed by atoms with Crippen molar-refractivity contribution in [2.45, 2.75) is 39.2 Å². The molecular formula is C11H22N2O3S. The van der Waals surface area contributed by atoms with Crippen molar-refractivity contribution in [1.82, 2.24) is 4.90 Å². The van der Waals surface area contributed by atoms with Gasteiger partial charge in [-0.25, -0.2) is 9.00 Å². The summed E-state index contributed by atoms with van der Waals surface area (Å²) >= 11 is 0. The van der Waals surface area contributed by atoms with E-state index >= 15 is 0 Å². The highest BCUT2D eigenvalue weighted by atomic mass is 32.2. The minimum Gasteiger partial charge on any atom is -0.444 e. The Balaban J connectivity index is 2.36. The standard InChI is InChI=1S/C11H22N2O3S/c1-11(2,3)16-10(14)13-6-4-9(5-7-13)8-17(12)15/h9H,4-8,12H2,1-3H3. The summed E-state index contributed by atoms with van der Waals surface area (Å²) in [6, 6.07) is 0. The Labute approximate surface area is 105 Å². The van der Waals surface area contributed by atoms with E-state index in [0.717, 1.165) is 12.8 Å². The Morgan fingerprint density at radius 3 is 2.35 bits per heavy atom. The third-order valence-corrected chi connectivity index (χ3v) is 3.47. The van der Waals surface area contributed by atoms with E-state index in [1.807, 2.05) is 20.8 Å². The molecule has 0 bridgehead atoms. The molecule has 0 saturated carbocycles. The predicted octanol–water partition coefficient (Wildman–Crippen LogP) is 1.26. The van der Waals surface area contributed by atoms with Gasteiger partial charge in [-0.05, 0) is 39.5 Å². The van der Waals surface area contributed by atoms with Crippen molar-refractivity contribution in [3.8, 4) is 0 Å². The first kappa shape index (κ1) is 14.4. The monoisotopic (exact) mass is 262 g/mol. The molecule has 0 radical (unpaired) electrons. The van der Waals surface area contributed by atoms with E-state index in [1.54, 1.807) is 4.90 Å². The number of nitrogens with two attached hydrogens (primary N) is 1. The van der Waals surface area contributed by atoms with Crippen LogP contribution in [0.15, 0.2) is 0 Å². The summed E-state index contributed by atoms with van der Waals surface area (Å²) in [5, 5.41) is 5.27. The Bertz CT molecular complexity index is 294. The second-order valence-electron chi connectivity index (χ2n) is 5.46. The Hall–Kier alpha value is -0.620. The zero-order chi connectivity index (χ0) is 13.1. The fourth-order valence-corrected chi connectivity index (χ4v) is 2.64. The third kappa shape index (κ3) is 5.50. The van der Waals surface area contributed by atoms with Gasteiger partial charge in [0.15, 0.2) is 0 Å². The fraction of sp³-hybridized carbons (Fsp3) is 0.909. The topological polar surface area (TPSA) is 72.6 Å². The maximum absolute atomic E-state index is 11.8. The van der Waals surface area contributed by atoms with Gasteiger partial charge in [-0.2, -0.15) is 0 Å². The lowest BCUT2D eigenvalue weighted by Gasteiger charge is -2.33. The summed E-state index contributed by atoms with van der Waals surface area (Å²) in [5.74, 6) is 0.891. The first-order valence-corrected chi connectivity index (χ1v) is 7.27. The molecule has 1 rings (SSSR count). The molecule has 0 spiro atoms. The maximum Gasteiger partial charge on any atom is 0.410 e. The zero-order valence-electron chi connectivity index (χ0n) is 10.8. The Morgan fingerprint density at radius 1 is 1.41 bits per heavy atom. The first-order valence-electron chi connectivity index (χ1n) is 5.88. The lowest BCUT2D eigenvalue weighted by molar-refractivity contribution is 0.0191. The van der Waals surface area contributed by atoms with Crippen LogP contribution in [0.4, 0.5) is 4.79 Å². The number of hydrogen-bond acceptors (Lipinski definition) is 3. The van der Waals surface area contributed by atoms with E-state index in [-0.39, 0.29) is 6.09 Å². The van der Waals surface area contributed by atoms with Crippen molar-refractivity contribution >= 4 is 17.1 Å². The maximum atomic E-state index is 11.8. The van der Waals surface area contributed by atoms with Crippen LogP contribution in [-0.4, -0.2) is 39.6 Å². The van der Waals surface area contributed by atoms with E-state index in [1.165, 1.54) is 0 Å². The van der Waals surface area contributed by atoms with Crippen molar-refractivity contribution in [2.75, 3.05) is 18.8 Å².